The number of fused-ring (bicyclic) bond motifs is 2. The van der Waals surface area contributed by atoms with Gasteiger partial charge in [0.1, 0.15) is 11.6 Å². The average Bonchev–Trinajstić information content (AvgIpc) is 3.92. The van der Waals surface area contributed by atoms with E-state index in [1.165, 1.54) is 0 Å². The van der Waals surface area contributed by atoms with Crippen LogP contribution in [0.4, 0.5) is 0 Å². The fourth-order valence-corrected chi connectivity index (χ4v) is 8.01. The third-order valence-corrected chi connectivity index (χ3v) is 10.8. The second kappa shape index (κ2) is 14.9. The zero-order valence-electron chi connectivity index (χ0n) is 32.3. The van der Waals surface area contributed by atoms with Crippen molar-refractivity contribution in [2.24, 2.45) is 0 Å². The molecular formula is C53H35N7. The second-order valence-corrected chi connectivity index (χ2v) is 14.5. The first-order valence-corrected chi connectivity index (χ1v) is 19.9. The monoisotopic (exact) mass is 769 g/mol. The molecule has 0 radical (unpaired) electrons. The van der Waals surface area contributed by atoms with Gasteiger partial charge in [-0.3, -0.25) is 9.13 Å². The maximum absolute atomic E-state index is 5.38. The highest BCUT2D eigenvalue weighted by molar-refractivity contribution is 5.88. The Morgan fingerprint density at radius 3 is 1.08 bits per heavy atom. The van der Waals surface area contributed by atoms with Gasteiger partial charge in [-0.25, -0.2) is 24.9 Å². The van der Waals surface area contributed by atoms with Gasteiger partial charge in [-0.05, 0) is 59.7 Å². The number of rotatable bonds is 8. The molecule has 0 saturated heterocycles. The van der Waals surface area contributed by atoms with E-state index in [-0.39, 0.29) is 0 Å². The van der Waals surface area contributed by atoms with Crippen molar-refractivity contribution in [3.8, 4) is 79.4 Å². The van der Waals surface area contributed by atoms with Crippen LogP contribution in [0.1, 0.15) is 0 Å². The quantitative estimate of drug-likeness (QED) is 0.154. The molecule has 0 amide bonds. The number of nitrogens with zero attached hydrogens (tertiary/aromatic N) is 7. The molecule has 0 spiro atoms. The standard InChI is InChI=1S/C53H35N7/c1-4-18-36(19-5-1)37-32-34-38(35-33-37)49-56-50(41-24-10-14-28-45(41)59-47-30-16-12-26-43(47)54-52(59)39-20-6-2-7-21-39)58-51(57-49)42-25-11-15-29-46(42)60-48-31-17-13-27-44(48)55-53(60)40-22-8-3-9-23-40/h1-35H. The number of hydrogen-bond donors (Lipinski definition) is 0. The van der Waals surface area contributed by atoms with E-state index in [9.17, 15) is 0 Å². The Morgan fingerprint density at radius 1 is 0.250 bits per heavy atom. The van der Waals surface area contributed by atoms with Crippen molar-refractivity contribution < 1.29 is 0 Å². The third kappa shape index (κ3) is 6.22. The molecule has 11 aromatic rings. The van der Waals surface area contributed by atoms with E-state index >= 15 is 0 Å². The Labute approximate surface area is 346 Å². The van der Waals surface area contributed by atoms with Crippen molar-refractivity contribution in [3.63, 3.8) is 0 Å². The largest absolute Gasteiger partial charge is 0.292 e. The summed E-state index contributed by atoms with van der Waals surface area (Å²) in [6.45, 7) is 0. The zero-order chi connectivity index (χ0) is 39.8. The van der Waals surface area contributed by atoms with Gasteiger partial charge in [-0.1, -0.05) is 164 Å². The summed E-state index contributed by atoms with van der Waals surface area (Å²) in [6.07, 6.45) is 0. The summed E-state index contributed by atoms with van der Waals surface area (Å²) in [5, 5.41) is 0. The molecule has 8 aromatic carbocycles. The molecule has 0 saturated carbocycles. The fraction of sp³-hybridized carbons (Fsp3) is 0. The van der Waals surface area contributed by atoms with E-state index in [1.54, 1.807) is 0 Å². The molecule has 7 nitrogen and oxygen atoms in total. The lowest BCUT2D eigenvalue weighted by molar-refractivity contribution is 1.04. The van der Waals surface area contributed by atoms with Crippen LogP contribution in [-0.4, -0.2) is 34.1 Å². The molecule has 7 heteroatoms. The third-order valence-electron chi connectivity index (χ3n) is 10.8. The lowest BCUT2D eigenvalue weighted by Gasteiger charge is -2.17. The lowest BCUT2D eigenvalue weighted by Crippen LogP contribution is -2.06. The summed E-state index contributed by atoms with van der Waals surface area (Å²) in [6, 6.07) is 72.5. The van der Waals surface area contributed by atoms with Crippen LogP contribution in [0.5, 0.6) is 0 Å². The van der Waals surface area contributed by atoms with Crippen molar-refractivity contribution in [2.45, 2.75) is 0 Å². The van der Waals surface area contributed by atoms with Crippen molar-refractivity contribution in [1.29, 1.82) is 0 Å². The van der Waals surface area contributed by atoms with Crippen molar-refractivity contribution in [2.75, 3.05) is 0 Å². The van der Waals surface area contributed by atoms with Gasteiger partial charge >= 0.3 is 0 Å². The van der Waals surface area contributed by atoms with Crippen molar-refractivity contribution >= 4 is 22.1 Å². The van der Waals surface area contributed by atoms with E-state index < -0.39 is 0 Å². The molecule has 0 aliphatic carbocycles. The molecule has 0 aliphatic rings. The lowest BCUT2D eigenvalue weighted by atomic mass is 10.0. The van der Waals surface area contributed by atoms with Crippen LogP contribution in [0.2, 0.25) is 0 Å². The molecule has 3 aromatic heterocycles. The maximum Gasteiger partial charge on any atom is 0.166 e. The molecule has 0 bridgehead atoms. The number of aromatic nitrogens is 7. The molecule has 0 unspecified atom stereocenters. The van der Waals surface area contributed by atoms with E-state index in [0.29, 0.717) is 17.5 Å². The minimum Gasteiger partial charge on any atom is -0.292 e. The Morgan fingerprint density at radius 2 is 0.600 bits per heavy atom. The second-order valence-electron chi connectivity index (χ2n) is 14.5. The van der Waals surface area contributed by atoms with Crippen LogP contribution in [0.15, 0.2) is 212 Å². The smallest absolute Gasteiger partial charge is 0.166 e. The molecule has 11 rings (SSSR count). The molecule has 0 atom stereocenters. The van der Waals surface area contributed by atoms with Crippen molar-refractivity contribution in [3.05, 3.63) is 212 Å². The molecule has 0 N–H and O–H groups in total. The van der Waals surface area contributed by atoms with E-state index in [2.05, 4.69) is 155 Å². The highest BCUT2D eigenvalue weighted by Crippen LogP contribution is 2.37. The molecule has 0 fully saturated rings. The molecule has 0 aliphatic heterocycles. The van der Waals surface area contributed by atoms with Gasteiger partial charge in [0.15, 0.2) is 17.5 Å². The Kier molecular flexibility index (Phi) is 8.67. The van der Waals surface area contributed by atoms with Crippen LogP contribution in [0.25, 0.3) is 102 Å². The predicted octanol–water partition coefficient (Wildman–Crippen LogP) is 12.6. The van der Waals surface area contributed by atoms with Gasteiger partial charge in [0, 0.05) is 27.8 Å². The van der Waals surface area contributed by atoms with Crippen LogP contribution >= 0.6 is 0 Å². The number of benzene rings is 8. The van der Waals surface area contributed by atoms with E-state index in [1.807, 2.05) is 66.7 Å². The summed E-state index contributed by atoms with van der Waals surface area (Å²) < 4.78 is 4.44. The molecule has 60 heavy (non-hydrogen) atoms. The summed E-state index contributed by atoms with van der Waals surface area (Å²) in [5.41, 5.74) is 12.4. The van der Waals surface area contributed by atoms with E-state index in [4.69, 9.17) is 24.9 Å². The van der Waals surface area contributed by atoms with Gasteiger partial charge in [-0.15, -0.1) is 0 Å². The van der Waals surface area contributed by atoms with Crippen molar-refractivity contribution in [1.82, 2.24) is 34.1 Å². The normalized spacial score (nSPS) is 11.3. The Hall–Kier alpha value is -8.29. The van der Waals surface area contributed by atoms with Gasteiger partial charge in [0.25, 0.3) is 0 Å². The molecular weight excluding hydrogens is 735 g/mol. The number of imidazole rings is 2. The average molecular weight is 770 g/mol. The van der Waals surface area contributed by atoms with Gasteiger partial charge in [0.2, 0.25) is 0 Å². The molecule has 3 heterocycles. The minimum absolute atomic E-state index is 0.545. The highest BCUT2D eigenvalue weighted by atomic mass is 15.1. The fourth-order valence-electron chi connectivity index (χ4n) is 8.01. The van der Waals surface area contributed by atoms with Crippen LogP contribution in [0, 0.1) is 0 Å². The van der Waals surface area contributed by atoms with Crippen LogP contribution in [0.3, 0.4) is 0 Å². The van der Waals surface area contributed by atoms with Gasteiger partial charge in [0.05, 0.1) is 33.4 Å². The Balaban J connectivity index is 1.15. The zero-order valence-corrected chi connectivity index (χ0v) is 32.3. The SMILES string of the molecule is c1ccc(-c2ccc(-c3nc(-c4ccccc4-n4c(-c5ccccc5)nc5ccccc54)nc(-c4ccccc4-n4c(-c5ccccc5)nc5ccccc54)n3)cc2)cc1. The van der Waals surface area contributed by atoms with Crippen LogP contribution < -0.4 is 0 Å². The highest BCUT2D eigenvalue weighted by Gasteiger charge is 2.23. The van der Waals surface area contributed by atoms with Gasteiger partial charge < -0.3 is 0 Å². The topological polar surface area (TPSA) is 74.3 Å². The van der Waals surface area contributed by atoms with Gasteiger partial charge in [-0.2, -0.15) is 0 Å². The minimum atomic E-state index is 0.545. The number of hydrogen-bond acceptors (Lipinski definition) is 5. The maximum atomic E-state index is 5.38. The molecule has 282 valence electrons. The first-order valence-electron chi connectivity index (χ1n) is 19.9. The summed E-state index contributed by atoms with van der Waals surface area (Å²) in [4.78, 5) is 26.3. The Bertz CT molecular complexity index is 3120. The summed E-state index contributed by atoms with van der Waals surface area (Å²) in [5.74, 6) is 3.32. The summed E-state index contributed by atoms with van der Waals surface area (Å²) in [7, 11) is 0. The van der Waals surface area contributed by atoms with E-state index in [0.717, 1.165) is 84.0 Å². The first-order chi connectivity index (χ1) is 29.8. The van der Waals surface area contributed by atoms with Crippen LogP contribution in [-0.2, 0) is 0 Å². The summed E-state index contributed by atoms with van der Waals surface area (Å²) >= 11 is 0. The number of para-hydroxylation sites is 6. The predicted molar refractivity (Wildman–Crippen MR) is 242 cm³/mol. The first kappa shape index (κ1) is 34.9.